The van der Waals surface area contributed by atoms with Gasteiger partial charge in [-0.2, -0.15) is 5.10 Å². The molecule has 0 bridgehead atoms. The molecule has 1 saturated heterocycles. The van der Waals surface area contributed by atoms with E-state index < -0.39 is 0 Å². The molecule has 1 aliphatic carbocycles. The zero-order chi connectivity index (χ0) is 21.9. The molecule has 0 radical (unpaired) electrons. The number of fused-ring (bicyclic) bond motifs is 2. The summed E-state index contributed by atoms with van der Waals surface area (Å²) in [6.07, 6.45) is 6.07. The third-order valence-corrected chi connectivity index (χ3v) is 7.02. The Bertz CT molecular complexity index is 1170. The summed E-state index contributed by atoms with van der Waals surface area (Å²) in [5.74, 6) is 0.739. The Morgan fingerprint density at radius 2 is 1.88 bits per heavy atom. The number of aryl methyl sites for hydroxylation is 2. The van der Waals surface area contributed by atoms with Crippen LogP contribution in [0.15, 0.2) is 30.6 Å². The Balaban J connectivity index is 1.34. The first kappa shape index (κ1) is 19.4. The van der Waals surface area contributed by atoms with E-state index in [1.165, 1.54) is 18.4 Å². The zero-order valence-corrected chi connectivity index (χ0v) is 18.4. The number of amides is 1. The number of hydrogen-bond acceptors (Lipinski definition) is 6. The van der Waals surface area contributed by atoms with Gasteiger partial charge in [0, 0.05) is 65.5 Å². The van der Waals surface area contributed by atoms with Crippen molar-refractivity contribution in [1.29, 1.82) is 0 Å². The normalized spacial score (nSPS) is 18.8. The molecule has 164 valence electrons. The van der Waals surface area contributed by atoms with E-state index >= 15 is 0 Å². The van der Waals surface area contributed by atoms with Crippen LogP contribution in [-0.2, 0) is 10.2 Å². The van der Waals surface area contributed by atoms with Gasteiger partial charge in [-0.1, -0.05) is 6.07 Å². The molecule has 2 aliphatic heterocycles. The minimum Gasteiger partial charge on any atom is -0.378 e. The predicted octanol–water partition coefficient (Wildman–Crippen LogP) is 3.14. The number of carbonyl (C=O) groups excluding carboxylic acids is 1. The minimum atomic E-state index is 0.0648. The van der Waals surface area contributed by atoms with E-state index in [0.29, 0.717) is 32.3 Å². The molecule has 1 spiro atoms. The fraction of sp³-hybridized carbons (Fsp3) is 0.417. The van der Waals surface area contributed by atoms with Gasteiger partial charge in [0.1, 0.15) is 0 Å². The summed E-state index contributed by atoms with van der Waals surface area (Å²) in [5.41, 5.74) is 7.21. The molecule has 2 aromatic heterocycles. The molecule has 1 amide bonds. The Morgan fingerprint density at radius 3 is 2.53 bits per heavy atom. The van der Waals surface area contributed by atoms with E-state index in [1.54, 1.807) is 0 Å². The van der Waals surface area contributed by atoms with Gasteiger partial charge in [0.15, 0.2) is 0 Å². The number of hydrogen-bond donors (Lipinski definition) is 1. The molecule has 3 aromatic rings. The lowest BCUT2D eigenvalue weighted by molar-refractivity contribution is 0.0303. The third-order valence-electron chi connectivity index (χ3n) is 7.02. The van der Waals surface area contributed by atoms with Gasteiger partial charge in [-0.3, -0.25) is 9.89 Å². The Morgan fingerprint density at radius 1 is 1.12 bits per heavy atom. The van der Waals surface area contributed by atoms with Gasteiger partial charge in [0.05, 0.1) is 18.9 Å². The summed E-state index contributed by atoms with van der Waals surface area (Å²) in [6.45, 7) is 7.32. The van der Waals surface area contributed by atoms with E-state index in [0.717, 1.165) is 40.3 Å². The van der Waals surface area contributed by atoms with E-state index in [2.05, 4.69) is 21.2 Å². The van der Waals surface area contributed by atoms with E-state index in [4.69, 9.17) is 14.7 Å². The quantitative estimate of drug-likeness (QED) is 0.687. The highest BCUT2D eigenvalue weighted by atomic mass is 16.5. The standard InChI is InChI=1S/C24H26N6O2/c1-15-21(16(2)28-27-15)18-12-25-23(26-13-18)30-14-24(5-6-24)19-4-3-17(11-20(19)30)22(31)29-7-9-32-10-8-29/h3-4,11-13H,5-10,14H2,1-2H3,(H,27,28). The summed E-state index contributed by atoms with van der Waals surface area (Å²) in [5, 5.41) is 7.30. The van der Waals surface area contributed by atoms with Crippen molar-refractivity contribution in [2.24, 2.45) is 0 Å². The summed E-state index contributed by atoms with van der Waals surface area (Å²) < 4.78 is 5.40. The number of nitrogens with one attached hydrogen (secondary N) is 1. The maximum absolute atomic E-state index is 13.1. The molecule has 6 rings (SSSR count). The first-order chi connectivity index (χ1) is 15.6. The fourth-order valence-corrected chi connectivity index (χ4v) is 5.08. The van der Waals surface area contributed by atoms with Gasteiger partial charge in [-0.05, 0) is 44.4 Å². The number of benzene rings is 1. The first-order valence-electron chi connectivity index (χ1n) is 11.2. The molecule has 1 saturated carbocycles. The summed E-state index contributed by atoms with van der Waals surface area (Å²) in [4.78, 5) is 26.6. The van der Waals surface area contributed by atoms with Gasteiger partial charge < -0.3 is 14.5 Å². The molecule has 8 nitrogen and oxygen atoms in total. The van der Waals surface area contributed by atoms with Crippen LogP contribution in [0.1, 0.15) is 40.2 Å². The number of H-pyrrole nitrogens is 1. The third kappa shape index (κ3) is 3.01. The second-order valence-electron chi connectivity index (χ2n) is 9.08. The van der Waals surface area contributed by atoms with Crippen LogP contribution < -0.4 is 4.90 Å². The van der Waals surface area contributed by atoms with Crippen LogP contribution in [0, 0.1) is 13.8 Å². The van der Waals surface area contributed by atoms with Gasteiger partial charge in [0.25, 0.3) is 5.91 Å². The van der Waals surface area contributed by atoms with Crippen LogP contribution >= 0.6 is 0 Å². The van der Waals surface area contributed by atoms with Gasteiger partial charge in [-0.25, -0.2) is 9.97 Å². The molecule has 0 unspecified atom stereocenters. The maximum Gasteiger partial charge on any atom is 0.254 e. The van der Waals surface area contributed by atoms with Gasteiger partial charge >= 0.3 is 0 Å². The molecular weight excluding hydrogens is 404 g/mol. The first-order valence-corrected chi connectivity index (χ1v) is 11.2. The van der Waals surface area contributed by atoms with Crippen LogP contribution in [0.2, 0.25) is 0 Å². The summed E-state index contributed by atoms with van der Waals surface area (Å²) >= 11 is 0. The van der Waals surface area contributed by atoms with Crippen molar-refractivity contribution in [2.75, 3.05) is 37.7 Å². The van der Waals surface area contributed by atoms with E-state index in [9.17, 15) is 4.79 Å². The maximum atomic E-state index is 13.1. The Kier molecular flexibility index (Phi) is 4.33. The molecule has 3 aliphatic rings. The summed E-state index contributed by atoms with van der Waals surface area (Å²) in [7, 11) is 0. The number of nitrogens with zero attached hydrogens (tertiary/aromatic N) is 5. The lowest BCUT2D eigenvalue weighted by atomic mass is 9.97. The summed E-state index contributed by atoms with van der Waals surface area (Å²) in [6, 6.07) is 6.15. The van der Waals surface area contributed by atoms with E-state index in [-0.39, 0.29) is 11.3 Å². The van der Waals surface area contributed by atoms with Crippen molar-refractivity contribution in [3.8, 4) is 11.1 Å². The largest absolute Gasteiger partial charge is 0.378 e. The zero-order valence-electron chi connectivity index (χ0n) is 18.4. The average molecular weight is 431 g/mol. The Hall–Kier alpha value is -3.26. The second kappa shape index (κ2) is 7.13. The molecule has 0 atom stereocenters. The highest BCUT2D eigenvalue weighted by Crippen LogP contribution is 2.57. The lowest BCUT2D eigenvalue weighted by Crippen LogP contribution is -2.40. The topological polar surface area (TPSA) is 87.2 Å². The number of rotatable bonds is 3. The molecular formula is C24H26N6O2. The van der Waals surface area contributed by atoms with Crippen LogP contribution in [0.5, 0.6) is 0 Å². The van der Waals surface area contributed by atoms with Gasteiger partial charge in [0.2, 0.25) is 5.95 Å². The highest BCUT2D eigenvalue weighted by Gasteiger charge is 2.52. The number of carbonyl (C=O) groups is 1. The highest BCUT2D eigenvalue weighted by molar-refractivity contribution is 5.96. The average Bonchev–Trinajstić information content (AvgIpc) is 3.44. The smallest absolute Gasteiger partial charge is 0.254 e. The Labute approximate surface area is 186 Å². The van der Waals surface area contributed by atoms with Crippen LogP contribution in [0.4, 0.5) is 11.6 Å². The van der Waals surface area contributed by atoms with Crippen molar-refractivity contribution < 1.29 is 9.53 Å². The van der Waals surface area contributed by atoms with Crippen LogP contribution in [0.3, 0.4) is 0 Å². The lowest BCUT2D eigenvalue weighted by Gasteiger charge is -2.27. The SMILES string of the molecule is Cc1n[nH]c(C)c1-c1cnc(N2CC3(CC3)c3ccc(C(=O)N4CCOCC4)cc32)nc1. The fourth-order valence-electron chi connectivity index (χ4n) is 5.08. The second-order valence-corrected chi connectivity index (χ2v) is 9.08. The van der Waals surface area contributed by atoms with Crippen molar-refractivity contribution >= 4 is 17.5 Å². The predicted molar refractivity (Wildman–Crippen MR) is 120 cm³/mol. The molecule has 2 fully saturated rings. The van der Waals surface area contributed by atoms with Crippen LogP contribution in [-0.4, -0.2) is 63.8 Å². The molecule has 1 aromatic carbocycles. The van der Waals surface area contributed by atoms with Gasteiger partial charge in [-0.15, -0.1) is 0 Å². The van der Waals surface area contributed by atoms with E-state index in [1.807, 2.05) is 43.3 Å². The molecule has 1 N–H and O–H groups in total. The number of ether oxygens (including phenoxy) is 1. The number of morpholine rings is 1. The van der Waals surface area contributed by atoms with Crippen molar-refractivity contribution in [3.63, 3.8) is 0 Å². The number of aromatic amines is 1. The van der Waals surface area contributed by atoms with Crippen molar-refractivity contribution in [2.45, 2.75) is 32.1 Å². The number of aromatic nitrogens is 4. The molecule has 8 heteroatoms. The number of anilines is 2. The minimum absolute atomic E-state index is 0.0648. The van der Waals surface area contributed by atoms with Crippen LogP contribution in [0.25, 0.3) is 11.1 Å². The molecule has 4 heterocycles. The van der Waals surface area contributed by atoms with Crippen molar-refractivity contribution in [1.82, 2.24) is 25.1 Å². The van der Waals surface area contributed by atoms with Crippen molar-refractivity contribution in [3.05, 3.63) is 53.1 Å². The monoisotopic (exact) mass is 430 g/mol. The molecule has 32 heavy (non-hydrogen) atoms.